The van der Waals surface area contributed by atoms with Crippen molar-refractivity contribution in [1.82, 2.24) is 0 Å². The fourth-order valence-electron chi connectivity index (χ4n) is 4.65. The van der Waals surface area contributed by atoms with Gasteiger partial charge in [0.05, 0.1) is 18.8 Å². The van der Waals surface area contributed by atoms with E-state index in [4.69, 9.17) is 9.47 Å². The maximum Gasteiger partial charge on any atom is 0.166 e. The van der Waals surface area contributed by atoms with Crippen molar-refractivity contribution in [1.29, 1.82) is 0 Å². The molecule has 2 aromatic carbocycles. The number of ketones is 1. The Kier molecular flexibility index (Phi) is 4.57. The number of Topliss-reactive ketones (excluding diaryl/α,β-unsaturated/α-hetero) is 1. The summed E-state index contributed by atoms with van der Waals surface area (Å²) in [7, 11) is 1.69. The van der Waals surface area contributed by atoms with Gasteiger partial charge in [-0.05, 0) is 49.1 Å². The van der Waals surface area contributed by atoms with E-state index in [9.17, 15) is 9.90 Å². The van der Waals surface area contributed by atoms with Gasteiger partial charge in [0.1, 0.15) is 5.75 Å². The zero-order chi connectivity index (χ0) is 19.2. The SMILES string of the molecule is CCO[C@H]1C[C@@H](c2ccc3c(c2)C(=O)C[C@](C)(O)C3)c2c(OC)cccc21. The third-order valence-corrected chi connectivity index (χ3v) is 5.78. The number of aliphatic hydroxyl groups is 1. The van der Waals surface area contributed by atoms with Gasteiger partial charge in [-0.25, -0.2) is 0 Å². The molecule has 0 unspecified atom stereocenters. The zero-order valence-electron chi connectivity index (χ0n) is 16.1. The summed E-state index contributed by atoms with van der Waals surface area (Å²) in [5.74, 6) is 1.02. The molecular weight excluding hydrogens is 340 g/mol. The van der Waals surface area contributed by atoms with Crippen LogP contribution in [0.1, 0.15) is 71.3 Å². The molecule has 4 rings (SSSR count). The van der Waals surface area contributed by atoms with Crippen molar-refractivity contribution in [2.24, 2.45) is 0 Å². The standard InChI is InChI=1S/C23H26O4/c1-4-27-21-11-18(22-16(21)6-5-7-20(22)26-3)14-8-9-15-12-23(2,25)13-19(24)17(15)10-14/h5-10,18,21,25H,4,11-13H2,1-3H3/t18-,21-,23+/m0/s1. The Morgan fingerprint density at radius 1 is 1.22 bits per heavy atom. The third-order valence-electron chi connectivity index (χ3n) is 5.78. The first-order valence-electron chi connectivity index (χ1n) is 9.60. The Morgan fingerprint density at radius 2 is 2.04 bits per heavy atom. The van der Waals surface area contributed by atoms with E-state index in [0.717, 1.165) is 34.4 Å². The monoisotopic (exact) mass is 366 g/mol. The lowest BCUT2D eigenvalue weighted by atomic mass is 9.79. The highest BCUT2D eigenvalue weighted by Gasteiger charge is 2.37. The van der Waals surface area contributed by atoms with E-state index in [2.05, 4.69) is 12.1 Å². The molecule has 3 atom stereocenters. The van der Waals surface area contributed by atoms with Crippen molar-refractivity contribution in [2.45, 2.75) is 50.7 Å². The van der Waals surface area contributed by atoms with Gasteiger partial charge in [-0.3, -0.25) is 4.79 Å². The molecule has 0 bridgehead atoms. The van der Waals surface area contributed by atoms with Crippen LogP contribution < -0.4 is 4.74 Å². The van der Waals surface area contributed by atoms with E-state index in [1.165, 1.54) is 5.56 Å². The van der Waals surface area contributed by atoms with Gasteiger partial charge in [0.2, 0.25) is 0 Å². The van der Waals surface area contributed by atoms with Crippen LogP contribution in [0.2, 0.25) is 0 Å². The predicted octanol–water partition coefficient (Wildman–Crippen LogP) is 4.19. The van der Waals surface area contributed by atoms with Crippen molar-refractivity contribution in [2.75, 3.05) is 13.7 Å². The van der Waals surface area contributed by atoms with Crippen molar-refractivity contribution in [3.05, 3.63) is 64.2 Å². The average Bonchev–Trinajstić information content (AvgIpc) is 3.00. The molecule has 0 heterocycles. The van der Waals surface area contributed by atoms with Crippen LogP contribution in [-0.4, -0.2) is 30.2 Å². The summed E-state index contributed by atoms with van der Waals surface area (Å²) in [4.78, 5) is 12.6. The molecule has 0 aromatic heterocycles. The van der Waals surface area contributed by atoms with Crippen molar-refractivity contribution < 1.29 is 19.4 Å². The first-order valence-corrected chi connectivity index (χ1v) is 9.60. The number of benzene rings is 2. The van der Waals surface area contributed by atoms with Crippen LogP contribution in [0.5, 0.6) is 5.75 Å². The average molecular weight is 366 g/mol. The number of fused-ring (bicyclic) bond motifs is 2. The molecule has 0 radical (unpaired) electrons. The van der Waals surface area contributed by atoms with Crippen LogP contribution in [-0.2, 0) is 11.2 Å². The zero-order valence-corrected chi connectivity index (χ0v) is 16.1. The summed E-state index contributed by atoms with van der Waals surface area (Å²) in [5, 5.41) is 10.3. The molecule has 0 aliphatic heterocycles. The minimum atomic E-state index is -0.950. The molecule has 4 heteroatoms. The maximum atomic E-state index is 12.6. The van der Waals surface area contributed by atoms with Gasteiger partial charge in [0.25, 0.3) is 0 Å². The topological polar surface area (TPSA) is 55.8 Å². The molecule has 2 aliphatic carbocycles. The van der Waals surface area contributed by atoms with E-state index in [0.29, 0.717) is 13.0 Å². The fourth-order valence-corrected chi connectivity index (χ4v) is 4.65. The lowest BCUT2D eigenvalue weighted by Crippen LogP contribution is -2.35. The summed E-state index contributed by atoms with van der Waals surface area (Å²) < 4.78 is 11.6. The Labute approximate surface area is 160 Å². The van der Waals surface area contributed by atoms with Gasteiger partial charge in [0.15, 0.2) is 5.78 Å². The van der Waals surface area contributed by atoms with Crippen LogP contribution in [0.25, 0.3) is 0 Å². The fraction of sp³-hybridized carbons (Fsp3) is 0.435. The second-order valence-electron chi connectivity index (χ2n) is 7.89. The summed E-state index contributed by atoms with van der Waals surface area (Å²) in [6, 6.07) is 12.2. The molecule has 4 nitrogen and oxygen atoms in total. The first-order chi connectivity index (χ1) is 12.9. The van der Waals surface area contributed by atoms with E-state index >= 15 is 0 Å². The molecule has 0 fully saturated rings. The van der Waals surface area contributed by atoms with E-state index in [-0.39, 0.29) is 24.2 Å². The van der Waals surface area contributed by atoms with Gasteiger partial charge >= 0.3 is 0 Å². The number of carbonyl (C=O) groups excluding carboxylic acids is 1. The summed E-state index contributed by atoms with van der Waals surface area (Å²) >= 11 is 0. The predicted molar refractivity (Wildman–Crippen MR) is 104 cm³/mol. The van der Waals surface area contributed by atoms with Crippen LogP contribution in [0.3, 0.4) is 0 Å². The number of hydrogen-bond acceptors (Lipinski definition) is 4. The highest BCUT2D eigenvalue weighted by molar-refractivity contribution is 5.99. The van der Waals surface area contributed by atoms with Crippen molar-refractivity contribution in [3.8, 4) is 5.75 Å². The van der Waals surface area contributed by atoms with Crippen LogP contribution >= 0.6 is 0 Å². The Morgan fingerprint density at radius 3 is 2.78 bits per heavy atom. The van der Waals surface area contributed by atoms with Gasteiger partial charge in [0, 0.05) is 36.5 Å². The molecule has 27 heavy (non-hydrogen) atoms. The quantitative estimate of drug-likeness (QED) is 0.882. The summed E-state index contributed by atoms with van der Waals surface area (Å²) in [5.41, 5.74) is 4.17. The van der Waals surface area contributed by atoms with Gasteiger partial charge in [-0.2, -0.15) is 0 Å². The molecule has 0 spiro atoms. The molecule has 2 aromatic rings. The molecule has 142 valence electrons. The van der Waals surface area contributed by atoms with Gasteiger partial charge < -0.3 is 14.6 Å². The lowest BCUT2D eigenvalue weighted by Gasteiger charge is -2.29. The van der Waals surface area contributed by atoms with Gasteiger partial charge in [-0.15, -0.1) is 0 Å². The van der Waals surface area contributed by atoms with Crippen molar-refractivity contribution in [3.63, 3.8) is 0 Å². The molecule has 0 saturated heterocycles. The second-order valence-corrected chi connectivity index (χ2v) is 7.89. The van der Waals surface area contributed by atoms with E-state index < -0.39 is 5.60 Å². The minimum absolute atomic E-state index is 0.0164. The van der Waals surface area contributed by atoms with E-state index in [1.54, 1.807) is 14.0 Å². The number of rotatable bonds is 4. The Hall–Kier alpha value is -2.17. The van der Waals surface area contributed by atoms with Gasteiger partial charge in [-0.1, -0.05) is 24.3 Å². The molecular formula is C23H26O4. The van der Waals surface area contributed by atoms with E-state index in [1.807, 2.05) is 31.2 Å². The normalized spacial score (nSPS) is 26.6. The Balaban J connectivity index is 1.77. The second kappa shape index (κ2) is 6.77. The van der Waals surface area contributed by atoms with Crippen LogP contribution in [0.15, 0.2) is 36.4 Å². The Bertz CT molecular complexity index is 884. The van der Waals surface area contributed by atoms with Crippen LogP contribution in [0.4, 0.5) is 0 Å². The first kappa shape index (κ1) is 18.2. The number of ether oxygens (including phenoxy) is 2. The highest BCUT2D eigenvalue weighted by Crippen LogP contribution is 2.50. The lowest BCUT2D eigenvalue weighted by molar-refractivity contribution is 0.0411. The summed E-state index contributed by atoms with van der Waals surface area (Å²) in [6.07, 6.45) is 1.57. The number of methoxy groups -OCH3 is 1. The van der Waals surface area contributed by atoms with Crippen LogP contribution in [0, 0.1) is 0 Å². The van der Waals surface area contributed by atoms with Crippen molar-refractivity contribution >= 4 is 5.78 Å². The number of carbonyl (C=O) groups is 1. The molecule has 1 N–H and O–H groups in total. The summed E-state index contributed by atoms with van der Waals surface area (Å²) in [6.45, 7) is 4.40. The molecule has 0 saturated carbocycles. The molecule has 2 aliphatic rings. The maximum absolute atomic E-state index is 12.6. The smallest absolute Gasteiger partial charge is 0.166 e. The third kappa shape index (κ3) is 3.17. The number of hydrogen-bond donors (Lipinski definition) is 1. The molecule has 0 amide bonds. The minimum Gasteiger partial charge on any atom is -0.496 e. The highest BCUT2D eigenvalue weighted by atomic mass is 16.5. The largest absolute Gasteiger partial charge is 0.496 e.